The molecule has 78 heavy (non-hydrogen) atoms. The van der Waals surface area contributed by atoms with E-state index in [0.717, 1.165) is 5.56 Å². The summed E-state index contributed by atoms with van der Waals surface area (Å²) in [6, 6.07) is 24.0. The number of rotatable bonds is 15. The number of hydrogen-bond acceptors (Lipinski definition) is 17. The van der Waals surface area contributed by atoms with Crippen molar-refractivity contribution in [2.24, 2.45) is 0 Å². The van der Waals surface area contributed by atoms with Gasteiger partial charge in [0.15, 0.2) is 23.3 Å². The highest BCUT2D eigenvalue weighted by Crippen LogP contribution is 2.40. The first kappa shape index (κ1) is 50.0. The van der Waals surface area contributed by atoms with E-state index in [1.54, 1.807) is 78.2 Å². The Hall–Kier alpha value is -8.83. The lowest BCUT2D eigenvalue weighted by atomic mass is 9.85. The van der Waals surface area contributed by atoms with Crippen molar-refractivity contribution < 1.29 is 27.8 Å². The van der Waals surface area contributed by atoms with Crippen LogP contribution in [0.5, 0.6) is 11.5 Å². The van der Waals surface area contributed by atoms with Crippen molar-refractivity contribution in [2.45, 2.75) is 67.6 Å². The number of anilines is 2. The highest BCUT2D eigenvalue weighted by molar-refractivity contribution is 5.96. The van der Waals surface area contributed by atoms with Crippen molar-refractivity contribution in [3.05, 3.63) is 162 Å². The number of ether oxygens (including phenoxy) is 2. The number of pyridine rings is 3. The fraction of sp³-hybridized carbons (Fsp3) is 0.327. The van der Waals surface area contributed by atoms with Crippen LogP contribution >= 0.6 is 0 Å². The van der Waals surface area contributed by atoms with Crippen LogP contribution in [0.1, 0.15) is 99.9 Å². The summed E-state index contributed by atoms with van der Waals surface area (Å²) in [5.74, 6) is -0.869. The van der Waals surface area contributed by atoms with Crippen LogP contribution in [-0.4, -0.2) is 118 Å². The molecule has 23 heteroatoms. The minimum atomic E-state index is -3.36. The van der Waals surface area contributed by atoms with Crippen LogP contribution in [0.2, 0.25) is 0 Å². The van der Waals surface area contributed by atoms with Gasteiger partial charge in [-0.15, -0.1) is 0 Å². The number of H-pyrrole nitrogens is 2. The molecule has 0 bridgehead atoms. The van der Waals surface area contributed by atoms with Gasteiger partial charge in [0.2, 0.25) is 0 Å². The number of piperidine rings is 2. The maximum absolute atomic E-state index is 16.6. The Labute approximate surface area is 446 Å². The van der Waals surface area contributed by atoms with E-state index in [9.17, 15) is 9.59 Å². The maximum Gasteiger partial charge on any atom is 0.302 e. The maximum atomic E-state index is 16.6. The molecule has 0 saturated carbocycles. The van der Waals surface area contributed by atoms with Gasteiger partial charge in [-0.3, -0.25) is 39.6 Å². The number of hydrogen-bond donors (Lipinski definition) is 7. The van der Waals surface area contributed by atoms with Crippen LogP contribution in [0, 0.1) is 0 Å². The molecule has 398 valence electrons. The number of aromatic amines is 2. The highest BCUT2D eigenvalue weighted by atomic mass is 19.3. The van der Waals surface area contributed by atoms with Crippen LogP contribution in [0.3, 0.4) is 0 Å². The van der Waals surface area contributed by atoms with Gasteiger partial charge in [-0.25, -0.2) is 19.9 Å². The third-order valence-electron chi connectivity index (χ3n) is 14.9. The number of carbonyl (C=O) groups excluding carboxylic acids is 2. The summed E-state index contributed by atoms with van der Waals surface area (Å²) < 4.78 is 44.8. The number of amides is 2. The van der Waals surface area contributed by atoms with E-state index in [1.807, 2.05) is 30.3 Å². The van der Waals surface area contributed by atoms with Crippen LogP contribution in [-0.2, 0) is 17.0 Å². The summed E-state index contributed by atoms with van der Waals surface area (Å²) in [5, 5.41) is 32.3. The van der Waals surface area contributed by atoms with Crippen molar-refractivity contribution in [2.75, 3.05) is 56.6 Å². The largest absolute Gasteiger partial charge is 0.493 e. The zero-order valence-electron chi connectivity index (χ0n) is 42.3. The SMILES string of the molecule is O=C(NC1CCOc2ccncc21)c1cccc(NC2(c3nc(-c4ccnc(C(F)(F)CN5CCC(Nc6cccc(C(=O)N[C@H]7CCOc8cccnc87)c6)(c6nc(-c7ccncn7)n[nH]6)CC5)c4)n[nH]3)CCNCC2)c1. The summed E-state index contributed by atoms with van der Waals surface area (Å²) >= 11 is 0. The molecule has 21 nitrogen and oxygen atoms in total. The molecule has 10 heterocycles. The van der Waals surface area contributed by atoms with Gasteiger partial charge >= 0.3 is 5.92 Å². The summed E-state index contributed by atoms with van der Waals surface area (Å²) in [4.78, 5) is 60.1. The second kappa shape index (κ2) is 21.3. The molecule has 2 fully saturated rings. The Balaban J connectivity index is 0.736. The van der Waals surface area contributed by atoms with Crippen molar-refractivity contribution >= 4 is 23.2 Å². The molecule has 6 aromatic heterocycles. The zero-order chi connectivity index (χ0) is 53.1. The molecule has 2 aromatic carbocycles. The van der Waals surface area contributed by atoms with E-state index in [4.69, 9.17) is 19.4 Å². The second-order valence-electron chi connectivity index (χ2n) is 20.0. The van der Waals surface area contributed by atoms with E-state index < -0.39 is 29.2 Å². The number of aromatic nitrogens is 11. The van der Waals surface area contributed by atoms with Crippen LogP contribution in [0.4, 0.5) is 20.2 Å². The highest BCUT2D eigenvalue weighted by Gasteiger charge is 2.44. The molecule has 0 aliphatic carbocycles. The predicted octanol–water partition coefficient (Wildman–Crippen LogP) is 6.63. The molecular formula is C55H55F2N17O4. The van der Waals surface area contributed by atoms with E-state index >= 15 is 8.78 Å². The number of benzene rings is 2. The average molecular weight is 1060 g/mol. The lowest BCUT2D eigenvalue weighted by molar-refractivity contribution is -0.0490. The summed E-state index contributed by atoms with van der Waals surface area (Å²) in [7, 11) is 0. The number of nitrogens with one attached hydrogen (secondary N) is 7. The molecule has 7 N–H and O–H groups in total. The van der Waals surface area contributed by atoms with E-state index in [0.29, 0.717) is 133 Å². The summed E-state index contributed by atoms with van der Waals surface area (Å²) in [6.07, 6.45) is 12.6. The Morgan fingerprint density at radius 1 is 0.679 bits per heavy atom. The topological polar surface area (TPSA) is 264 Å². The summed E-state index contributed by atoms with van der Waals surface area (Å²) in [5.41, 5.74) is 2.63. The zero-order valence-corrected chi connectivity index (χ0v) is 42.3. The Morgan fingerprint density at radius 3 is 2.08 bits per heavy atom. The molecule has 1 unspecified atom stereocenters. The lowest BCUT2D eigenvalue weighted by Crippen LogP contribution is -2.50. The monoisotopic (exact) mass is 1060 g/mol. The van der Waals surface area contributed by atoms with Gasteiger partial charge in [0.1, 0.15) is 34.9 Å². The molecule has 8 aromatic rings. The smallest absolute Gasteiger partial charge is 0.302 e. The minimum absolute atomic E-state index is 0.227. The fourth-order valence-electron chi connectivity index (χ4n) is 10.8. The van der Waals surface area contributed by atoms with Gasteiger partial charge in [-0.2, -0.15) is 19.0 Å². The van der Waals surface area contributed by atoms with Crippen LogP contribution < -0.4 is 36.1 Å². The second-order valence-corrected chi connectivity index (χ2v) is 20.0. The molecule has 4 aliphatic rings. The number of nitrogens with zero attached hydrogens (tertiary/aromatic N) is 10. The quantitative estimate of drug-likeness (QED) is 0.0568. The molecule has 2 amide bonds. The van der Waals surface area contributed by atoms with Gasteiger partial charge in [0, 0.05) is 90.5 Å². The standard InChI is InChI=1S/C55H55F2N17O4/c56-55(57,45-30-34(9-21-61-45)47-66-51(72-70-47)53(14-22-58-23-15-53)68-37-6-1-4-35(28-37)49(75)64-40-12-26-77-43-11-20-59-31-39(40)43)32-74-24-16-54(17-25-74,52-67-48(71-73-52)42-10-19-60-33-63-42)69-38-7-2-5-36(29-38)50(76)65-41-13-27-78-44-8-3-18-62-46(41)44/h1-11,18-21,28-31,33,40-41,58,68-69H,12-17,22-27,32H2,(H,64,75)(H,65,76)(H,66,70,72)(H,67,71,73)/t40?,41-/m0/s1. The number of halogens is 2. The summed E-state index contributed by atoms with van der Waals surface area (Å²) in [6.45, 7) is 2.21. The van der Waals surface area contributed by atoms with Crippen molar-refractivity contribution in [1.29, 1.82) is 0 Å². The first-order valence-corrected chi connectivity index (χ1v) is 26.0. The van der Waals surface area contributed by atoms with E-state index in [-0.39, 0.29) is 42.8 Å². The first-order valence-electron chi connectivity index (χ1n) is 26.0. The third kappa shape index (κ3) is 10.4. The number of fused-ring (bicyclic) bond motifs is 2. The van der Waals surface area contributed by atoms with E-state index in [2.05, 4.69) is 71.9 Å². The molecular weight excluding hydrogens is 1000 g/mol. The Morgan fingerprint density at radius 2 is 1.35 bits per heavy atom. The van der Waals surface area contributed by atoms with Gasteiger partial charge < -0.3 is 36.1 Å². The number of likely N-dealkylation sites (tertiary alicyclic amines) is 1. The Bertz CT molecular complexity index is 3440. The minimum Gasteiger partial charge on any atom is -0.493 e. The lowest BCUT2D eigenvalue weighted by Gasteiger charge is -2.42. The van der Waals surface area contributed by atoms with Gasteiger partial charge in [-0.05, 0) is 112 Å². The molecule has 2 saturated heterocycles. The van der Waals surface area contributed by atoms with Gasteiger partial charge in [0.05, 0.1) is 42.9 Å². The number of alkyl halides is 2. The molecule has 2 atom stereocenters. The predicted molar refractivity (Wildman–Crippen MR) is 281 cm³/mol. The third-order valence-corrected chi connectivity index (χ3v) is 14.9. The van der Waals surface area contributed by atoms with Crippen molar-refractivity contribution in [3.8, 4) is 34.4 Å². The molecule has 0 spiro atoms. The van der Waals surface area contributed by atoms with E-state index in [1.165, 1.54) is 18.6 Å². The molecule has 4 aliphatic heterocycles. The van der Waals surface area contributed by atoms with Gasteiger partial charge in [-0.1, -0.05) is 12.1 Å². The molecule has 12 rings (SSSR count). The van der Waals surface area contributed by atoms with Crippen molar-refractivity contribution in [1.82, 2.24) is 76.1 Å². The van der Waals surface area contributed by atoms with Crippen molar-refractivity contribution in [3.63, 3.8) is 0 Å². The Kier molecular flexibility index (Phi) is 13.7. The van der Waals surface area contributed by atoms with Gasteiger partial charge in [0.25, 0.3) is 11.8 Å². The first-order chi connectivity index (χ1) is 38.1. The van der Waals surface area contributed by atoms with Crippen LogP contribution in [0.25, 0.3) is 22.9 Å². The number of carbonyl (C=O) groups is 2. The fourth-order valence-corrected chi connectivity index (χ4v) is 10.8. The van der Waals surface area contributed by atoms with Crippen LogP contribution in [0.15, 0.2) is 122 Å². The average Bonchev–Trinajstić information content (AvgIpc) is 4.26. The molecule has 0 radical (unpaired) electrons. The normalized spacial score (nSPS) is 18.7.